The number of hydrogen-bond donors (Lipinski definition) is 2. The zero-order chi connectivity index (χ0) is 15.7. The van der Waals surface area contributed by atoms with Gasteiger partial charge in [0.1, 0.15) is 17.6 Å². The molecule has 3 rings (SSSR count). The van der Waals surface area contributed by atoms with Gasteiger partial charge >= 0.3 is 6.36 Å². The van der Waals surface area contributed by atoms with Gasteiger partial charge in [0.05, 0.1) is 6.10 Å². The summed E-state index contributed by atoms with van der Waals surface area (Å²) in [6, 6.07) is 5.41. The first kappa shape index (κ1) is 18.2. The van der Waals surface area contributed by atoms with Gasteiger partial charge in [-0.25, -0.2) is 0 Å². The zero-order valence-corrected chi connectivity index (χ0v) is 13.1. The Kier molecular flexibility index (Phi) is 5.65. The molecule has 1 aromatic rings. The van der Waals surface area contributed by atoms with Gasteiger partial charge in [0.25, 0.3) is 0 Å². The second-order valence-electron chi connectivity index (χ2n) is 5.90. The van der Waals surface area contributed by atoms with E-state index in [1.807, 2.05) is 0 Å². The highest BCUT2D eigenvalue weighted by Gasteiger charge is 2.40. The highest BCUT2D eigenvalue weighted by Crippen LogP contribution is 2.35. The molecular weight excluding hydrogens is 335 g/mol. The first-order valence-electron chi connectivity index (χ1n) is 7.32. The summed E-state index contributed by atoms with van der Waals surface area (Å²) < 4.78 is 46.3. The maximum Gasteiger partial charge on any atom is 0.573 e. The number of aliphatic hydroxyl groups excluding tert-OH is 1. The molecule has 130 valence electrons. The number of hydrogen-bond acceptors (Lipinski definition) is 4. The van der Waals surface area contributed by atoms with E-state index in [4.69, 9.17) is 4.74 Å². The van der Waals surface area contributed by atoms with Crippen LogP contribution >= 0.6 is 12.4 Å². The van der Waals surface area contributed by atoms with E-state index in [9.17, 15) is 18.3 Å². The maximum absolute atomic E-state index is 12.2. The topological polar surface area (TPSA) is 50.7 Å². The van der Waals surface area contributed by atoms with E-state index >= 15 is 0 Å². The van der Waals surface area contributed by atoms with Crippen LogP contribution in [-0.4, -0.2) is 36.8 Å². The largest absolute Gasteiger partial charge is 0.573 e. The third-order valence-electron chi connectivity index (χ3n) is 4.31. The van der Waals surface area contributed by atoms with Crippen molar-refractivity contribution in [3.05, 3.63) is 24.3 Å². The first-order chi connectivity index (χ1) is 10.4. The fraction of sp³-hybridized carbons (Fsp3) is 0.600. The van der Waals surface area contributed by atoms with Crippen LogP contribution in [0.5, 0.6) is 11.5 Å². The Balaban J connectivity index is 0.00000192. The fourth-order valence-corrected chi connectivity index (χ4v) is 3.30. The molecule has 23 heavy (non-hydrogen) atoms. The van der Waals surface area contributed by atoms with E-state index in [0.29, 0.717) is 24.7 Å². The SMILES string of the molecule is Cl.O[C@@H]1C[C@H]2CNC[C@H]2C[C@H]1Oc1cccc(OC(F)(F)F)c1. The highest BCUT2D eigenvalue weighted by molar-refractivity contribution is 5.85. The fourth-order valence-electron chi connectivity index (χ4n) is 3.30. The van der Waals surface area contributed by atoms with E-state index in [2.05, 4.69) is 10.1 Å². The summed E-state index contributed by atoms with van der Waals surface area (Å²) in [6.45, 7) is 1.80. The predicted octanol–water partition coefficient (Wildman–Crippen LogP) is 2.74. The number of alkyl halides is 3. The standard InChI is InChI=1S/C15H18F3NO3.ClH/c16-15(17,18)22-12-3-1-2-11(6-12)21-14-5-10-8-19-7-9(10)4-13(14)20;/h1-3,6,9-10,13-14,19-20H,4-5,7-8H2;1H/t9-,10+,13+,14+;/m0./s1. The van der Waals surface area contributed by atoms with Gasteiger partial charge in [0.15, 0.2) is 0 Å². The van der Waals surface area contributed by atoms with Crippen LogP contribution in [0.2, 0.25) is 0 Å². The Morgan fingerprint density at radius 3 is 2.43 bits per heavy atom. The molecule has 0 unspecified atom stereocenters. The molecular formula is C15H19ClF3NO3. The molecule has 0 spiro atoms. The van der Waals surface area contributed by atoms with Gasteiger partial charge < -0.3 is 19.9 Å². The molecule has 8 heteroatoms. The predicted molar refractivity (Wildman–Crippen MR) is 79.9 cm³/mol. The molecule has 1 heterocycles. The number of fused-ring (bicyclic) bond motifs is 1. The Morgan fingerprint density at radius 1 is 1.09 bits per heavy atom. The smallest absolute Gasteiger partial charge is 0.488 e. The normalized spacial score (nSPS) is 30.3. The molecule has 1 saturated heterocycles. The van der Waals surface area contributed by atoms with Crippen LogP contribution in [0.4, 0.5) is 13.2 Å². The Bertz CT molecular complexity index is 529. The van der Waals surface area contributed by atoms with Crippen molar-refractivity contribution in [2.24, 2.45) is 11.8 Å². The number of halogens is 4. The summed E-state index contributed by atoms with van der Waals surface area (Å²) in [5, 5.41) is 13.5. The van der Waals surface area contributed by atoms with E-state index in [0.717, 1.165) is 13.1 Å². The second kappa shape index (κ2) is 7.15. The lowest BCUT2D eigenvalue weighted by Crippen LogP contribution is -2.42. The molecule has 4 nitrogen and oxygen atoms in total. The molecule has 0 bridgehead atoms. The van der Waals surface area contributed by atoms with Crippen LogP contribution in [0.1, 0.15) is 12.8 Å². The number of ether oxygens (including phenoxy) is 2. The molecule has 2 fully saturated rings. The summed E-state index contributed by atoms with van der Waals surface area (Å²) in [7, 11) is 0. The van der Waals surface area contributed by atoms with Gasteiger partial charge in [0, 0.05) is 6.07 Å². The summed E-state index contributed by atoms with van der Waals surface area (Å²) in [5.74, 6) is 0.851. The minimum Gasteiger partial charge on any atom is -0.488 e. The third kappa shape index (κ3) is 4.65. The van der Waals surface area contributed by atoms with Crippen molar-refractivity contribution in [1.82, 2.24) is 5.32 Å². The molecule has 2 N–H and O–H groups in total. The molecule has 0 aromatic heterocycles. The molecule has 0 amide bonds. The second-order valence-corrected chi connectivity index (χ2v) is 5.90. The van der Waals surface area contributed by atoms with Crippen molar-refractivity contribution in [3.8, 4) is 11.5 Å². The molecule has 4 atom stereocenters. The summed E-state index contributed by atoms with van der Waals surface area (Å²) in [4.78, 5) is 0. The van der Waals surface area contributed by atoms with Crippen LogP contribution in [0.25, 0.3) is 0 Å². The average molecular weight is 354 g/mol. The highest BCUT2D eigenvalue weighted by atomic mass is 35.5. The van der Waals surface area contributed by atoms with Gasteiger partial charge in [0.2, 0.25) is 0 Å². The van der Waals surface area contributed by atoms with Crippen LogP contribution in [0, 0.1) is 11.8 Å². The van der Waals surface area contributed by atoms with Crippen molar-refractivity contribution < 1.29 is 27.8 Å². The lowest BCUT2D eigenvalue weighted by molar-refractivity contribution is -0.274. The molecule has 1 aliphatic carbocycles. The monoisotopic (exact) mass is 353 g/mol. The van der Waals surface area contributed by atoms with E-state index in [1.54, 1.807) is 6.07 Å². The van der Waals surface area contributed by atoms with E-state index in [-0.39, 0.29) is 23.9 Å². The average Bonchev–Trinajstić information content (AvgIpc) is 2.84. The maximum atomic E-state index is 12.2. The summed E-state index contributed by atoms with van der Waals surface area (Å²) in [6.07, 6.45) is -4.38. The summed E-state index contributed by atoms with van der Waals surface area (Å²) >= 11 is 0. The van der Waals surface area contributed by atoms with Crippen LogP contribution in [-0.2, 0) is 0 Å². The van der Waals surface area contributed by atoms with Gasteiger partial charge in [-0.2, -0.15) is 0 Å². The molecule has 2 aliphatic rings. The molecule has 1 saturated carbocycles. The van der Waals surface area contributed by atoms with E-state index in [1.165, 1.54) is 18.2 Å². The van der Waals surface area contributed by atoms with Crippen LogP contribution in [0.3, 0.4) is 0 Å². The van der Waals surface area contributed by atoms with Crippen molar-refractivity contribution in [2.45, 2.75) is 31.4 Å². The minimum absolute atomic E-state index is 0. The number of nitrogens with one attached hydrogen (secondary N) is 1. The van der Waals surface area contributed by atoms with Gasteiger partial charge in [-0.3, -0.25) is 0 Å². The van der Waals surface area contributed by atoms with Crippen molar-refractivity contribution in [2.75, 3.05) is 13.1 Å². The van der Waals surface area contributed by atoms with E-state index < -0.39 is 18.6 Å². The van der Waals surface area contributed by atoms with Gasteiger partial charge in [-0.05, 0) is 49.9 Å². The van der Waals surface area contributed by atoms with Crippen molar-refractivity contribution in [3.63, 3.8) is 0 Å². The lowest BCUT2D eigenvalue weighted by Gasteiger charge is -2.35. The Morgan fingerprint density at radius 2 is 1.74 bits per heavy atom. The zero-order valence-electron chi connectivity index (χ0n) is 12.3. The molecule has 1 aromatic carbocycles. The number of rotatable bonds is 3. The first-order valence-corrected chi connectivity index (χ1v) is 7.32. The van der Waals surface area contributed by atoms with Crippen molar-refractivity contribution >= 4 is 12.4 Å². The number of benzene rings is 1. The quantitative estimate of drug-likeness (QED) is 0.877. The molecule has 0 radical (unpaired) electrons. The lowest BCUT2D eigenvalue weighted by atomic mass is 9.78. The van der Waals surface area contributed by atoms with Crippen LogP contribution in [0.15, 0.2) is 24.3 Å². The Hall–Kier alpha value is -1.18. The Labute approximate surface area is 138 Å². The summed E-state index contributed by atoms with van der Waals surface area (Å²) in [5.41, 5.74) is 0. The minimum atomic E-state index is -4.73. The van der Waals surface area contributed by atoms with Gasteiger partial charge in [-0.1, -0.05) is 6.07 Å². The molecule has 1 aliphatic heterocycles. The van der Waals surface area contributed by atoms with Crippen molar-refractivity contribution in [1.29, 1.82) is 0 Å². The van der Waals surface area contributed by atoms with Crippen LogP contribution < -0.4 is 14.8 Å². The van der Waals surface area contributed by atoms with Gasteiger partial charge in [-0.15, -0.1) is 25.6 Å². The third-order valence-corrected chi connectivity index (χ3v) is 4.31. The number of aliphatic hydroxyl groups is 1.